The SMILES string of the molecule is O=C1CCC2(CCCN(C(=O)CCn3ccccc3=O)C2)CN1CCO. The number of β-amino-alcohol motifs (C(OH)–C–C–N with tert-alkyl or cyclic N) is 1. The van der Waals surface area contributed by atoms with Crippen LogP contribution in [0.4, 0.5) is 0 Å². The van der Waals surface area contributed by atoms with Crippen LogP contribution in [0.3, 0.4) is 0 Å². The Labute approximate surface area is 153 Å². The lowest BCUT2D eigenvalue weighted by atomic mass is 9.73. The van der Waals surface area contributed by atoms with Gasteiger partial charge in [-0.25, -0.2) is 0 Å². The Morgan fingerprint density at radius 3 is 2.77 bits per heavy atom. The zero-order chi connectivity index (χ0) is 18.6. The lowest BCUT2D eigenvalue weighted by Crippen LogP contribution is -2.55. The predicted octanol–water partition coefficient (Wildman–Crippen LogP) is 0.462. The highest BCUT2D eigenvalue weighted by Gasteiger charge is 2.42. The van der Waals surface area contributed by atoms with Crippen LogP contribution in [-0.2, 0) is 16.1 Å². The van der Waals surface area contributed by atoms with Crippen LogP contribution in [0.5, 0.6) is 0 Å². The third kappa shape index (κ3) is 4.15. The second-order valence-electron chi connectivity index (χ2n) is 7.44. The molecule has 1 aromatic rings. The molecule has 1 unspecified atom stereocenters. The van der Waals surface area contributed by atoms with Crippen LogP contribution >= 0.6 is 0 Å². The van der Waals surface area contributed by atoms with E-state index in [-0.39, 0.29) is 29.4 Å². The van der Waals surface area contributed by atoms with Gasteiger partial charge in [0.15, 0.2) is 0 Å². The van der Waals surface area contributed by atoms with Crippen LogP contribution < -0.4 is 5.56 Å². The number of carbonyl (C=O) groups is 2. The molecule has 0 saturated carbocycles. The molecule has 7 heteroatoms. The van der Waals surface area contributed by atoms with Gasteiger partial charge in [-0.3, -0.25) is 14.4 Å². The number of aliphatic hydroxyl groups excluding tert-OH is 1. The molecule has 0 bridgehead atoms. The lowest BCUT2D eigenvalue weighted by molar-refractivity contribution is -0.143. The number of likely N-dealkylation sites (tertiary alicyclic amines) is 2. The topological polar surface area (TPSA) is 82.9 Å². The minimum absolute atomic E-state index is 0.0315. The van der Waals surface area contributed by atoms with Crippen molar-refractivity contribution in [3.8, 4) is 0 Å². The van der Waals surface area contributed by atoms with E-state index in [4.69, 9.17) is 0 Å². The highest BCUT2D eigenvalue weighted by molar-refractivity contribution is 5.78. The largest absolute Gasteiger partial charge is 0.395 e. The average molecular weight is 361 g/mol. The first-order valence-corrected chi connectivity index (χ1v) is 9.35. The van der Waals surface area contributed by atoms with Crippen molar-refractivity contribution in [2.75, 3.05) is 32.8 Å². The second-order valence-corrected chi connectivity index (χ2v) is 7.44. The summed E-state index contributed by atoms with van der Waals surface area (Å²) in [6.45, 7) is 2.73. The van der Waals surface area contributed by atoms with E-state index in [1.54, 1.807) is 27.8 Å². The number of rotatable bonds is 5. The summed E-state index contributed by atoms with van der Waals surface area (Å²) in [4.78, 5) is 40.1. The van der Waals surface area contributed by atoms with Gasteiger partial charge in [-0.15, -0.1) is 0 Å². The van der Waals surface area contributed by atoms with Gasteiger partial charge in [-0.1, -0.05) is 6.07 Å². The predicted molar refractivity (Wildman–Crippen MR) is 96.5 cm³/mol. The van der Waals surface area contributed by atoms with E-state index >= 15 is 0 Å². The number of piperidine rings is 2. The molecule has 0 aromatic carbocycles. The molecule has 2 aliphatic heterocycles. The Morgan fingerprint density at radius 2 is 2.00 bits per heavy atom. The first kappa shape index (κ1) is 18.6. The van der Waals surface area contributed by atoms with Gasteiger partial charge in [-0.05, 0) is 25.3 Å². The number of carbonyl (C=O) groups excluding carboxylic acids is 2. The van der Waals surface area contributed by atoms with Crippen molar-refractivity contribution in [1.82, 2.24) is 14.4 Å². The molecule has 7 nitrogen and oxygen atoms in total. The molecule has 2 saturated heterocycles. The summed E-state index contributed by atoms with van der Waals surface area (Å²) in [5, 5.41) is 9.18. The van der Waals surface area contributed by atoms with Crippen molar-refractivity contribution in [2.24, 2.45) is 5.41 Å². The smallest absolute Gasteiger partial charge is 0.250 e. The maximum atomic E-state index is 12.7. The molecule has 0 aliphatic carbocycles. The molecule has 2 aliphatic rings. The fourth-order valence-electron chi connectivity index (χ4n) is 4.20. The van der Waals surface area contributed by atoms with Crippen LogP contribution in [0, 0.1) is 5.41 Å². The standard InChI is InChI=1S/C19H27N3O4/c23-13-12-22-15-19(8-5-17(22)25)7-3-10-21(14-19)18(26)6-11-20-9-2-1-4-16(20)24/h1-2,4,9,23H,3,5-8,10-15H2. The molecule has 2 fully saturated rings. The first-order valence-electron chi connectivity index (χ1n) is 9.35. The summed E-state index contributed by atoms with van der Waals surface area (Å²) in [5.74, 6) is 0.155. The Morgan fingerprint density at radius 1 is 1.15 bits per heavy atom. The normalized spacial score (nSPS) is 23.5. The van der Waals surface area contributed by atoms with Crippen LogP contribution in [0.25, 0.3) is 0 Å². The summed E-state index contributed by atoms with van der Waals surface area (Å²) in [6.07, 6.45) is 5.23. The van der Waals surface area contributed by atoms with Crippen molar-refractivity contribution < 1.29 is 14.7 Å². The number of aliphatic hydroxyl groups is 1. The summed E-state index contributed by atoms with van der Waals surface area (Å²) < 4.78 is 1.56. The van der Waals surface area contributed by atoms with E-state index in [1.807, 2.05) is 4.90 Å². The number of nitrogens with zero attached hydrogens (tertiary/aromatic N) is 3. The molecule has 2 amide bonds. The molecule has 1 atom stereocenters. The highest BCUT2D eigenvalue weighted by Crippen LogP contribution is 2.38. The average Bonchev–Trinajstić information content (AvgIpc) is 2.64. The highest BCUT2D eigenvalue weighted by atomic mass is 16.3. The third-order valence-electron chi connectivity index (χ3n) is 5.60. The van der Waals surface area contributed by atoms with E-state index in [9.17, 15) is 19.5 Å². The van der Waals surface area contributed by atoms with Gasteiger partial charge in [0.05, 0.1) is 6.61 Å². The molecule has 1 aromatic heterocycles. The van der Waals surface area contributed by atoms with E-state index < -0.39 is 0 Å². The Balaban J connectivity index is 1.61. The molecule has 1 N–H and O–H groups in total. The summed E-state index contributed by atoms with van der Waals surface area (Å²) in [6, 6.07) is 4.98. The number of pyridine rings is 1. The Kier molecular flexibility index (Phi) is 5.76. The maximum absolute atomic E-state index is 12.7. The fraction of sp³-hybridized carbons (Fsp3) is 0.632. The van der Waals surface area contributed by atoms with E-state index in [2.05, 4.69) is 0 Å². The van der Waals surface area contributed by atoms with Crippen LogP contribution in [0.1, 0.15) is 32.1 Å². The van der Waals surface area contributed by atoms with Crippen molar-refractivity contribution >= 4 is 11.8 Å². The van der Waals surface area contributed by atoms with Crippen LogP contribution in [0.15, 0.2) is 29.2 Å². The zero-order valence-corrected chi connectivity index (χ0v) is 15.1. The number of aryl methyl sites for hydroxylation is 1. The number of amides is 2. The van der Waals surface area contributed by atoms with Crippen molar-refractivity contribution in [3.63, 3.8) is 0 Å². The van der Waals surface area contributed by atoms with Gasteiger partial charge in [0, 0.05) is 63.2 Å². The van der Waals surface area contributed by atoms with Gasteiger partial charge in [0.2, 0.25) is 11.8 Å². The Hall–Kier alpha value is -2.15. The van der Waals surface area contributed by atoms with Gasteiger partial charge >= 0.3 is 0 Å². The van der Waals surface area contributed by atoms with Crippen LogP contribution in [-0.4, -0.2) is 64.1 Å². The second kappa shape index (κ2) is 8.03. The molecule has 3 heterocycles. The zero-order valence-electron chi connectivity index (χ0n) is 15.1. The van der Waals surface area contributed by atoms with Crippen molar-refractivity contribution in [3.05, 3.63) is 34.7 Å². The molecule has 142 valence electrons. The molecule has 26 heavy (non-hydrogen) atoms. The van der Waals surface area contributed by atoms with Crippen LogP contribution in [0.2, 0.25) is 0 Å². The maximum Gasteiger partial charge on any atom is 0.250 e. The van der Waals surface area contributed by atoms with E-state index in [1.165, 1.54) is 6.07 Å². The molecule has 0 radical (unpaired) electrons. The van der Waals surface area contributed by atoms with Crippen molar-refractivity contribution in [2.45, 2.75) is 38.6 Å². The minimum atomic E-state index is -0.0964. The molecular weight excluding hydrogens is 334 g/mol. The first-order chi connectivity index (χ1) is 12.5. The van der Waals surface area contributed by atoms with E-state index in [0.29, 0.717) is 39.0 Å². The van der Waals surface area contributed by atoms with Gasteiger partial charge in [0.1, 0.15) is 0 Å². The van der Waals surface area contributed by atoms with Crippen molar-refractivity contribution in [1.29, 1.82) is 0 Å². The lowest BCUT2D eigenvalue weighted by Gasteiger charge is -2.48. The molecule has 3 rings (SSSR count). The van der Waals surface area contributed by atoms with E-state index in [0.717, 1.165) is 25.8 Å². The molecule has 1 spiro atoms. The summed E-state index contributed by atoms with van der Waals surface area (Å²) in [7, 11) is 0. The summed E-state index contributed by atoms with van der Waals surface area (Å²) >= 11 is 0. The quantitative estimate of drug-likeness (QED) is 0.826. The Bertz CT molecular complexity index is 717. The number of hydrogen-bond donors (Lipinski definition) is 1. The number of hydrogen-bond acceptors (Lipinski definition) is 4. The monoisotopic (exact) mass is 361 g/mol. The third-order valence-corrected chi connectivity index (χ3v) is 5.60. The summed E-state index contributed by atoms with van der Waals surface area (Å²) in [5.41, 5.74) is -0.151. The number of aromatic nitrogens is 1. The van der Waals surface area contributed by atoms with Gasteiger partial charge in [-0.2, -0.15) is 0 Å². The van der Waals surface area contributed by atoms with Gasteiger partial charge < -0.3 is 19.5 Å². The van der Waals surface area contributed by atoms with Gasteiger partial charge in [0.25, 0.3) is 5.56 Å². The minimum Gasteiger partial charge on any atom is -0.395 e. The molecular formula is C19H27N3O4. The fourth-order valence-corrected chi connectivity index (χ4v) is 4.20.